The molecule has 116 valence electrons. The maximum Gasteiger partial charge on any atom is 0.239 e. The molecule has 1 fully saturated rings. The highest BCUT2D eigenvalue weighted by Crippen LogP contribution is 2.18. The first kappa shape index (κ1) is 16.3. The Morgan fingerprint density at radius 1 is 1.38 bits per heavy atom. The number of hydrogen-bond donors (Lipinski definition) is 1. The molecule has 1 amide bonds. The van der Waals surface area contributed by atoms with Crippen LogP contribution >= 0.6 is 12.4 Å². The fourth-order valence-electron chi connectivity index (χ4n) is 3.08. The van der Waals surface area contributed by atoms with E-state index in [1.54, 1.807) is 0 Å². The van der Waals surface area contributed by atoms with E-state index in [1.807, 2.05) is 24.1 Å². The lowest BCUT2D eigenvalue weighted by molar-refractivity contribution is -0.133. The van der Waals surface area contributed by atoms with Gasteiger partial charge < -0.3 is 15.0 Å². The van der Waals surface area contributed by atoms with Crippen LogP contribution < -0.4 is 5.32 Å². The zero-order valence-corrected chi connectivity index (χ0v) is 13.2. The van der Waals surface area contributed by atoms with Gasteiger partial charge in [-0.15, -0.1) is 12.4 Å². The topological polar surface area (TPSA) is 41.6 Å². The van der Waals surface area contributed by atoms with E-state index in [2.05, 4.69) is 17.4 Å². The Morgan fingerprint density at radius 3 is 2.86 bits per heavy atom. The number of fused-ring (bicyclic) bond motifs is 1. The van der Waals surface area contributed by atoms with Gasteiger partial charge in [0.25, 0.3) is 0 Å². The minimum absolute atomic E-state index is 0. The van der Waals surface area contributed by atoms with Crippen molar-refractivity contribution < 1.29 is 9.53 Å². The van der Waals surface area contributed by atoms with E-state index >= 15 is 0 Å². The van der Waals surface area contributed by atoms with Crippen molar-refractivity contribution >= 4 is 18.3 Å². The molecule has 0 radical (unpaired) electrons. The summed E-state index contributed by atoms with van der Waals surface area (Å²) < 4.78 is 5.60. The summed E-state index contributed by atoms with van der Waals surface area (Å²) in [6.45, 7) is 2.32. The molecule has 2 aliphatic rings. The Kier molecular flexibility index (Phi) is 5.62. The van der Waals surface area contributed by atoms with E-state index in [0.717, 1.165) is 32.4 Å². The monoisotopic (exact) mass is 310 g/mol. The third-order valence-electron chi connectivity index (χ3n) is 4.26. The number of carbonyl (C=O) groups is 1. The molecule has 4 nitrogen and oxygen atoms in total. The first-order valence-corrected chi connectivity index (χ1v) is 7.41. The molecule has 2 aliphatic heterocycles. The van der Waals surface area contributed by atoms with E-state index in [9.17, 15) is 4.79 Å². The predicted octanol–water partition coefficient (Wildman–Crippen LogP) is 1.76. The number of amides is 1. The Hall–Kier alpha value is -1.10. The van der Waals surface area contributed by atoms with Gasteiger partial charge >= 0.3 is 0 Å². The summed E-state index contributed by atoms with van der Waals surface area (Å²) in [6, 6.07) is 8.24. The SMILES string of the molecule is CN(CC1CCCO1)C(=O)C1Cc2ccccc2CN1.Cl. The van der Waals surface area contributed by atoms with Crippen molar-refractivity contribution in [1.29, 1.82) is 0 Å². The number of halogens is 1. The number of rotatable bonds is 3. The highest BCUT2D eigenvalue weighted by Gasteiger charge is 2.28. The van der Waals surface area contributed by atoms with Crippen LogP contribution in [0, 0.1) is 0 Å². The summed E-state index contributed by atoms with van der Waals surface area (Å²) in [5.41, 5.74) is 2.59. The molecular weight excluding hydrogens is 288 g/mol. The number of benzene rings is 1. The van der Waals surface area contributed by atoms with E-state index < -0.39 is 0 Å². The average Bonchev–Trinajstić information content (AvgIpc) is 2.99. The normalized spacial score (nSPS) is 24.0. The van der Waals surface area contributed by atoms with Crippen LogP contribution in [0.3, 0.4) is 0 Å². The molecule has 0 spiro atoms. The summed E-state index contributed by atoms with van der Waals surface area (Å²) in [4.78, 5) is 14.3. The summed E-state index contributed by atoms with van der Waals surface area (Å²) in [6.07, 6.45) is 3.19. The van der Waals surface area contributed by atoms with Gasteiger partial charge in [0, 0.05) is 26.7 Å². The standard InChI is InChI=1S/C16H22N2O2.ClH/c1-18(11-14-7-4-8-20-14)16(19)15-9-12-5-2-3-6-13(12)10-17-15;/h2-3,5-6,14-15,17H,4,7-11H2,1H3;1H. The quantitative estimate of drug-likeness (QED) is 0.925. The molecule has 0 bridgehead atoms. The van der Waals surface area contributed by atoms with Gasteiger partial charge in [0.2, 0.25) is 5.91 Å². The molecule has 2 heterocycles. The smallest absolute Gasteiger partial charge is 0.239 e. The minimum Gasteiger partial charge on any atom is -0.376 e. The van der Waals surface area contributed by atoms with Gasteiger partial charge in [-0.2, -0.15) is 0 Å². The second kappa shape index (κ2) is 7.25. The van der Waals surface area contributed by atoms with Gasteiger partial charge in [-0.1, -0.05) is 24.3 Å². The van der Waals surface area contributed by atoms with Crippen LogP contribution in [0.5, 0.6) is 0 Å². The molecule has 5 heteroatoms. The Morgan fingerprint density at radius 2 is 2.14 bits per heavy atom. The molecule has 0 aliphatic carbocycles. The summed E-state index contributed by atoms with van der Waals surface area (Å²) in [5.74, 6) is 0.176. The molecule has 0 aromatic heterocycles. The maximum atomic E-state index is 12.5. The average molecular weight is 311 g/mol. The first-order chi connectivity index (χ1) is 9.74. The Bertz CT molecular complexity index is 489. The first-order valence-electron chi connectivity index (χ1n) is 7.41. The van der Waals surface area contributed by atoms with Crippen molar-refractivity contribution in [2.24, 2.45) is 0 Å². The number of carbonyl (C=O) groups excluding carboxylic acids is 1. The van der Waals surface area contributed by atoms with Crippen molar-refractivity contribution in [1.82, 2.24) is 10.2 Å². The van der Waals surface area contributed by atoms with Crippen LogP contribution in [-0.2, 0) is 22.5 Å². The van der Waals surface area contributed by atoms with Gasteiger partial charge in [-0.05, 0) is 30.4 Å². The lowest BCUT2D eigenvalue weighted by Gasteiger charge is -2.30. The van der Waals surface area contributed by atoms with Gasteiger partial charge in [0.1, 0.15) is 0 Å². The molecular formula is C16H23ClN2O2. The van der Waals surface area contributed by atoms with E-state index in [1.165, 1.54) is 11.1 Å². The van der Waals surface area contributed by atoms with Crippen LogP contribution in [-0.4, -0.2) is 43.2 Å². The summed E-state index contributed by atoms with van der Waals surface area (Å²) in [5, 5.41) is 3.35. The van der Waals surface area contributed by atoms with Gasteiger partial charge in [-0.3, -0.25) is 4.79 Å². The largest absolute Gasteiger partial charge is 0.376 e. The van der Waals surface area contributed by atoms with Crippen molar-refractivity contribution in [3.63, 3.8) is 0 Å². The Balaban J connectivity index is 0.00000161. The number of likely N-dealkylation sites (N-methyl/N-ethyl adjacent to an activating group) is 1. The predicted molar refractivity (Wildman–Crippen MR) is 84.6 cm³/mol. The molecule has 1 N–H and O–H groups in total. The van der Waals surface area contributed by atoms with E-state index in [0.29, 0.717) is 6.54 Å². The molecule has 1 aromatic carbocycles. The number of hydrogen-bond acceptors (Lipinski definition) is 3. The summed E-state index contributed by atoms with van der Waals surface area (Å²) >= 11 is 0. The van der Waals surface area contributed by atoms with Crippen LogP contribution in [0.25, 0.3) is 0 Å². The molecule has 1 saturated heterocycles. The van der Waals surface area contributed by atoms with E-state index in [-0.39, 0.29) is 30.5 Å². The number of nitrogens with one attached hydrogen (secondary N) is 1. The van der Waals surface area contributed by atoms with Crippen LogP contribution in [0.1, 0.15) is 24.0 Å². The zero-order valence-electron chi connectivity index (χ0n) is 12.4. The van der Waals surface area contributed by atoms with Crippen LogP contribution in [0.15, 0.2) is 24.3 Å². The van der Waals surface area contributed by atoms with E-state index in [4.69, 9.17) is 4.74 Å². The van der Waals surface area contributed by atoms with Gasteiger partial charge in [-0.25, -0.2) is 0 Å². The maximum absolute atomic E-state index is 12.5. The molecule has 3 rings (SSSR count). The molecule has 0 saturated carbocycles. The number of ether oxygens (including phenoxy) is 1. The molecule has 21 heavy (non-hydrogen) atoms. The zero-order chi connectivity index (χ0) is 13.9. The minimum atomic E-state index is -0.101. The lowest BCUT2D eigenvalue weighted by atomic mass is 9.95. The Labute approximate surface area is 132 Å². The fourth-order valence-corrected chi connectivity index (χ4v) is 3.08. The molecule has 1 aromatic rings. The van der Waals surface area contributed by atoms with Crippen molar-refractivity contribution in [2.75, 3.05) is 20.2 Å². The third kappa shape index (κ3) is 3.76. The van der Waals surface area contributed by atoms with Gasteiger partial charge in [0.05, 0.1) is 12.1 Å². The lowest BCUT2D eigenvalue weighted by Crippen LogP contribution is -2.49. The second-order valence-electron chi connectivity index (χ2n) is 5.76. The van der Waals surface area contributed by atoms with Crippen molar-refractivity contribution in [2.45, 2.75) is 38.0 Å². The highest BCUT2D eigenvalue weighted by molar-refractivity contribution is 5.85. The molecule has 2 atom stereocenters. The fraction of sp³-hybridized carbons (Fsp3) is 0.562. The third-order valence-corrected chi connectivity index (χ3v) is 4.26. The van der Waals surface area contributed by atoms with Gasteiger partial charge in [0.15, 0.2) is 0 Å². The second-order valence-corrected chi connectivity index (χ2v) is 5.76. The number of nitrogens with zero attached hydrogens (tertiary/aromatic N) is 1. The molecule has 2 unspecified atom stereocenters. The van der Waals surface area contributed by atoms with Crippen LogP contribution in [0.4, 0.5) is 0 Å². The van der Waals surface area contributed by atoms with Crippen LogP contribution in [0.2, 0.25) is 0 Å². The highest BCUT2D eigenvalue weighted by atomic mass is 35.5. The van der Waals surface area contributed by atoms with Crippen molar-refractivity contribution in [3.05, 3.63) is 35.4 Å². The summed E-state index contributed by atoms with van der Waals surface area (Å²) in [7, 11) is 1.88. The van der Waals surface area contributed by atoms with Crippen molar-refractivity contribution in [3.8, 4) is 0 Å².